The van der Waals surface area contributed by atoms with Gasteiger partial charge in [-0.1, -0.05) is 53.0 Å². The minimum atomic E-state index is -0.491. The predicted octanol–water partition coefficient (Wildman–Crippen LogP) is 6.76. The second kappa shape index (κ2) is 8.71. The summed E-state index contributed by atoms with van der Waals surface area (Å²) in [7, 11) is 0. The van der Waals surface area contributed by atoms with Gasteiger partial charge in [0.2, 0.25) is 5.82 Å². The van der Waals surface area contributed by atoms with Crippen LogP contribution in [-0.4, -0.2) is 20.7 Å². The Morgan fingerprint density at radius 2 is 1.68 bits per heavy atom. The molecule has 31 heavy (non-hydrogen) atoms. The molecule has 4 rings (SSSR count). The van der Waals surface area contributed by atoms with E-state index in [1.165, 1.54) is 0 Å². The molecule has 0 saturated heterocycles. The molecule has 5 nitrogen and oxygen atoms in total. The fourth-order valence-electron chi connectivity index (χ4n) is 3.03. The average molecular weight is 472 g/mol. The molecule has 1 N–H and O–H groups in total. The van der Waals surface area contributed by atoms with Gasteiger partial charge in [-0.2, -0.15) is 0 Å². The highest BCUT2D eigenvalue weighted by Gasteiger charge is 2.20. The number of halogens is 3. The molecule has 0 bridgehead atoms. The SMILES string of the molecule is Cc1ccc(-n2nc(C(=O)Nc3ccc(Cl)cc3Cl)nc2-c2cccc(Cl)c2)cc1C. The number of nitrogens with zero attached hydrogens (tertiary/aromatic N) is 3. The Balaban J connectivity index is 1.78. The van der Waals surface area contributed by atoms with Crippen molar-refractivity contribution >= 4 is 46.4 Å². The summed E-state index contributed by atoms with van der Waals surface area (Å²) in [5.74, 6) is 0.00686. The van der Waals surface area contributed by atoms with Crippen LogP contribution in [0.4, 0.5) is 5.69 Å². The van der Waals surface area contributed by atoms with Crippen LogP contribution < -0.4 is 5.32 Å². The van der Waals surface area contributed by atoms with Crippen LogP contribution in [0.15, 0.2) is 60.7 Å². The van der Waals surface area contributed by atoms with Gasteiger partial charge in [0.15, 0.2) is 5.82 Å². The van der Waals surface area contributed by atoms with E-state index in [1.54, 1.807) is 35.0 Å². The molecule has 0 aliphatic heterocycles. The summed E-state index contributed by atoms with van der Waals surface area (Å²) in [6.45, 7) is 4.05. The van der Waals surface area contributed by atoms with Crippen LogP contribution >= 0.6 is 34.8 Å². The number of aryl methyl sites for hydroxylation is 2. The van der Waals surface area contributed by atoms with E-state index in [4.69, 9.17) is 34.8 Å². The number of aromatic nitrogens is 3. The molecule has 3 aromatic carbocycles. The molecule has 4 aromatic rings. The first-order valence-electron chi connectivity index (χ1n) is 9.39. The Kier molecular flexibility index (Phi) is 6.01. The molecule has 0 aliphatic carbocycles. The van der Waals surface area contributed by atoms with Gasteiger partial charge in [-0.25, -0.2) is 9.67 Å². The van der Waals surface area contributed by atoms with Gasteiger partial charge < -0.3 is 5.32 Å². The number of anilines is 1. The lowest BCUT2D eigenvalue weighted by molar-refractivity contribution is 0.101. The summed E-state index contributed by atoms with van der Waals surface area (Å²) in [5, 5.41) is 8.58. The first-order chi connectivity index (χ1) is 14.8. The zero-order valence-corrected chi connectivity index (χ0v) is 18.9. The molecule has 0 spiro atoms. The first-order valence-corrected chi connectivity index (χ1v) is 10.5. The quantitative estimate of drug-likeness (QED) is 0.357. The third-order valence-corrected chi connectivity index (χ3v) is 5.59. The Labute approximate surface area is 194 Å². The van der Waals surface area contributed by atoms with Crippen molar-refractivity contribution in [3.8, 4) is 17.1 Å². The van der Waals surface area contributed by atoms with E-state index < -0.39 is 5.91 Å². The molecule has 0 unspecified atom stereocenters. The fraction of sp³-hybridized carbons (Fsp3) is 0.0870. The van der Waals surface area contributed by atoms with E-state index in [2.05, 4.69) is 15.4 Å². The van der Waals surface area contributed by atoms with Gasteiger partial charge in [0.25, 0.3) is 5.91 Å². The molecule has 0 fully saturated rings. The maximum absolute atomic E-state index is 12.9. The zero-order valence-electron chi connectivity index (χ0n) is 16.7. The van der Waals surface area contributed by atoms with E-state index in [0.29, 0.717) is 26.6 Å². The van der Waals surface area contributed by atoms with E-state index in [-0.39, 0.29) is 5.82 Å². The second-order valence-electron chi connectivity index (χ2n) is 7.03. The minimum Gasteiger partial charge on any atom is -0.318 e. The largest absolute Gasteiger partial charge is 0.318 e. The standard InChI is InChI=1S/C23H17Cl3N4O/c1-13-6-8-18(10-14(13)2)30-22(15-4-3-5-16(24)11-15)28-21(29-30)23(31)27-20-9-7-17(25)12-19(20)26/h3-12H,1-2H3,(H,27,31). The summed E-state index contributed by atoms with van der Waals surface area (Å²) in [6.07, 6.45) is 0. The van der Waals surface area contributed by atoms with Crippen molar-refractivity contribution in [1.29, 1.82) is 0 Å². The van der Waals surface area contributed by atoms with Gasteiger partial charge in [-0.3, -0.25) is 4.79 Å². The van der Waals surface area contributed by atoms with Crippen molar-refractivity contribution in [2.24, 2.45) is 0 Å². The molecule has 1 amide bonds. The second-order valence-corrected chi connectivity index (χ2v) is 8.31. The monoisotopic (exact) mass is 470 g/mol. The summed E-state index contributed by atoms with van der Waals surface area (Å²) in [6, 6.07) is 18.0. The van der Waals surface area contributed by atoms with Crippen LogP contribution in [0.5, 0.6) is 0 Å². The number of nitrogens with one attached hydrogen (secondary N) is 1. The summed E-state index contributed by atoms with van der Waals surface area (Å²) in [4.78, 5) is 17.4. The molecule has 1 aromatic heterocycles. The van der Waals surface area contributed by atoms with Gasteiger partial charge in [-0.05, 0) is 67.4 Å². The molecule has 8 heteroatoms. The van der Waals surface area contributed by atoms with Gasteiger partial charge in [0.1, 0.15) is 0 Å². The Hall–Kier alpha value is -2.86. The number of hydrogen-bond donors (Lipinski definition) is 1. The normalized spacial score (nSPS) is 10.9. The van der Waals surface area contributed by atoms with E-state index >= 15 is 0 Å². The highest BCUT2D eigenvalue weighted by molar-refractivity contribution is 6.36. The molecular weight excluding hydrogens is 455 g/mol. The maximum Gasteiger partial charge on any atom is 0.295 e. The predicted molar refractivity (Wildman–Crippen MR) is 126 cm³/mol. The van der Waals surface area contributed by atoms with Gasteiger partial charge in [-0.15, -0.1) is 5.10 Å². The number of hydrogen-bond acceptors (Lipinski definition) is 3. The third kappa shape index (κ3) is 4.59. The highest BCUT2D eigenvalue weighted by Crippen LogP contribution is 2.27. The summed E-state index contributed by atoms with van der Waals surface area (Å²) < 4.78 is 1.64. The van der Waals surface area contributed by atoms with Crippen LogP contribution in [0.3, 0.4) is 0 Å². The molecule has 0 atom stereocenters. The smallest absolute Gasteiger partial charge is 0.295 e. The van der Waals surface area contributed by atoms with Gasteiger partial charge >= 0.3 is 0 Å². The highest BCUT2D eigenvalue weighted by atomic mass is 35.5. The first kappa shape index (κ1) is 21.4. The lowest BCUT2D eigenvalue weighted by Gasteiger charge is -2.08. The Morgan fingerprint density at radius 3 is 2.39 bits per heavy atom. The van der Waals surface area contributed by atoms with Crippen molar-refractivity contribution in [1.82, 2.24) is 14.8 Å². The average Bonchev–Trinajstić information content (AvgIpc) is 3.18. The van der Waals surface area contributed by atoms with Crippen molar-refractivity contribution in [3.05, 3.63) is 92.7 Å². The van der Waals surface area contributed by atoms with E-state index in [1.807, 2.05) is 44.2 Å². The van der Waals surface area contributed by atoms with Gasteiger partial charge in [0.05, 0.1) is 16.4 Å². The van der Waals surface area contributed by atoms with Crippen molar-refractivity contribution in [2.45, 2.75) is 13.8 Å². The molecular formula is C23H17Cl3N4O. The Morgan fingerprint density at radius 1 is 0.903 bits per heavy atom. The summed E-state index contributed by atoms with van der Waals surface area (Å²) >= 11 is 18.3. The van der Waals surface area contributed by atoms with E-state index in [0.717, 1.165) is 22.4 Å². The molecule has 156 valence electrons. The van der Waals surface area contributed by atoms with Gasteiger partial charge in [0, 0.05) is 15.6 Å². The molecule has 1 heterocycles. The van der Waals surface area contributed by atoms with Crippen molar-refractivity contribution in [3.63, 3.8) is 0 Å². The lowest BCUT2D eigenvalue weighted by atomic mass is 10.1. The lowest BCUT2D eigenvalue weighted by Crippen LogP contribution is -2.14. The number of carbonyl (C=O) groups is 1. The topological polar surface area (TPSA) is 59.8 Å². The van der Waals surface area contributed by atoms with E-state index in [9.17, 15) is 4.79 Å². The van der Waals surface area contributed by atoms with Crippen LogP contribution in [0, 0.1) is 13.8 Å². The number of rotatable bonds is 4. The van der Waals surface area contributed by atoms with Crippen LogP contribution in [0.1, 0.15) is 21.7 Å². The fourth-order valence-corrected chi connectivity index (χ4v) is 3.68. The van der Waals surface area contributed by atoms with Crippen LogP contribution in [-0.2, 0) is 0 Å². The molecule has 0 aliphatic rings. The Bertz CT molecular complexity index is 1300. The summed E-state index contributed by atoms with van der Waals surface area (Å²) in [5.41, 5.74) is 4.20. The van der Waals surface area contributed by atoms with Crippen molar-refractivity contribution < 1.29 is 4.79 Å². The third-order valence-electron chi connectivity index (χ3n) is 4.81. The zero-order chi connectivity index (χ0) is 22.1. The molecule has 0 radical (unpaired) electrons. The number of amides is 1. The van der Waals surface area contributed by atoms with Crippen molar-refractivity contribution in [2.75, 3.05) is 5.32 Å². The van der Waals surface area contributed by atoms with Crippen LogP contribution in [0.2, 0.25) is 15.1 Å². The number of benzene rings is 3. The maximum atomic E-state index is 12.9. The molecule has 0 saturated carbocycles. The number of carbonyl (C=O) groups excluding carboxylic acids is 1. The minimum absolute atomic E-state index is 0.000722. The van der Waals surface area contributed by atoms with Crippen LogP contribution in [0.25, 0.3) is 17.1 Å².